The van der Waals surface area contributed by atoms with E-state index in [1.165, 1.54) is 12.1 Å². The molecule has 1 N–H and O–H groups in total. The van der Waals surface area contributed by atoms with Crippen LogP contribution in [0, 0.1) is 21.4 Å². The molecule has 106 valence electrons. The van der Waals surface area contributed by atoms with Gasteiger partial charge in [0.1, 0.15) is 12.6 Å². The molecule has 1 unspecified atom stereocenters. The normalized spacial score (nSPS) is 15.4. The maximum absolute atomic E-state index is 10.7. The van der Waals surface area contributed by atoms with Crippen LogP contribution >= 0.6 is 23.2 Å². The molecule has 20 heavy (non-hydrogen) atoms. The molecule has 1 saturated carbocycles. The molecular weight excluding hydrogens is 305 g/mol. The summed E-state index contributed by atoms with van der Waals surface area (Å²) in [7, 11) is 0. The van der Waals surface area contributed by atoms with Crippen molar-refractivity contribution in [1.82, 2.24) is 5.32 Å². The molecule has 1 aliphatic carbocycles. The number of hydrogen-bond donors (Lipinski definition) is 1. The third kappa shape index (κ3) is 3.73. The fourth-order valence-electron chi connectivity index (χ4n) is 1.61. The minimum absolute atomic E-state index is 0.0484. The van der Waals surface area contributed by atoms with Gasteiger partial charge in [-0.1, -0.05) is 23.2 Å². The molecule has 1 aromatic carbocycles. The number of halogens is 2. The monoisotopic (exact) mass is 315 g/mol. The predicted octanol–water partition coefficient (Wildman–Crippen LogP) is 2.92. The summed E-state index contributed by atoms with van der Waals surface area (Å²) >= 11 is 11.8. The van der Waals surface area contributed by atoms with Crippen molar-refractivity contribution in [2.24, 2.45) is 0 Å². The highest BCUT2D eigenvalue weighted by atomic mass is 35.5. The van der Waals surface area contributed by atoms with Gasteiger partial charge in [-0.2, -0.15) is 5.26 Å². The van der Waals surface area contributed by atoms with Crippen LogP contribution in [0.15, 0.2) is 12.1 Å². The Bertz CT molecular complexity index is 547. The molecule has 0 aromatic heterocycles. The molecule has 0 bridgehead atoms. The molecule has 0 saturated heterocycles. The van der Waals surface area contributed by atoms with E-state index in [4.69, 9.17) is 33.2 Å². The molecule has 0 aliphatic heterocycles. The zero-order valence-corrected chi connectivity index (χ0v) is 11.8. The Morgan fingerprint density at radius 1 is 1.50 bits per heavy atom. The van der Waals surface area contributed by atoms with Gasteiger partial charge in [0.15, 0.2) is 5.75 Å². The van der Waals surface area contributed by atoms with Gasteiger partial charge in [0.05, 0.1) is 21.0 Å². The number of nitrogens with zero attached hydrogens (tertiary/aromatic N) is 2. The molecule has 1 atom stereocenters. The minimum Gasteiger partial charge on any atom is -0.488 e. The Balaban J connectivity index is 2.05. The van der Waals surface area contributed by atoms with Crippen LogP contribution in [0.4, 0.5) is 5.69 Å². The smallest absolute Gasteiger partial charge is 0.272 e. The van der Waals surface area contributed by atoms with E-state index in [1.807, 2.05) is 0 Å². The van der Waals surface area contributed by atoms with E-state index >= 15 is 0 Å². The lowest BCUT2D eigenvalue weighted by Crippen LogP contribution is -2.34. The summed E-state index contributed by atoms with van der Waals surface area (Å²) in [5, 5.41) is 22.8. The van der Waals surface area contributed by atoms with E-state index in [0.29, 0.717) is 6.04 Å². The zero-order valence-electron chi connectivity index (χ0n) is 10.3. The second-order valence-corrected chi connectivity index (χ2v) is 5.24. The van der Waals surface area contributed by atoms with Crippen LogP contribution in [0.3, 0.4) is 0 Å². The van der Waals surface area contributed by atoms with Crippen molar-refractivity contribution in [2.75, 3.05) is 6.61 Å². The topological polar surface area (TPSA) is 88.2 Å². The fourth-order valence-corrected chi connectivity index (χ4v) is 2.20. The molecule has 0 radical (unpaired) electrons. The average Bonchev–Trinajstić information content (AvgIpc) is 3.19. The maximum atomic E-state index is 10.7. The summed E-state index contributed by atoms with van der Waals surface area (Å²) in [6, 6.07) is 4.31. The van der Waals surface area contributed by atoms with E-state index in [2.05, 4.69) is 11.4 Å². The van der Waals surface area contributed by atoms with E-state index in [0.717, 1.165) is 12.8 Å². The Labute approximate surface area is 125 Å². The van der Waals surface area contributed by atoms with Gasteiger partial charge < -0.3 is 4.74 Å². The molecule has 1 aliphatic rings. The van der Waals surface area contributed by atoms with Crippen molar-refractivity contribution in [3.63, 3.8) is 0 Å². The van der Waals surface area contributed by atoms with E-state index in [-0.39, 0.29) is 28.1 Å². The number of non-ortho nitro benzene ring substituents is 1. The molecule has 8 heteroatoms. The highest BCUT2D eigenvalue weighted by molar-refractivity contribution is 6.37. The van der Waals surface area contributed by atoms with Gasteiger partial charge >= 0.3 is 0 Å². The maximum Gasteiger partial charge on any atom is 0.272 e. The highest BCUT2D eigenvalue weighted by Gasteiger charge is 2.25. The number of nitrogens with one attached hydrogen (secondary N) is 1. The largest absolute Gasteiger partial charge is 0.488 e. The standard InChI is InChI=1S/C12H11Cl2N3O3/c13-10-3-9(17(18)19)4-11(14)12(10)20-6-8(5-15)16-7-1-2-7/h3-4,7-8,16H,1-2,6H2. The van der Waals surface area contributed by atoms with Crippen LogP contribution in [-0.2, 0) is 0 Å². The third-order valence-corrected chi connectivity index (χ3v) is 3.32. The van der Waals surface area contributed by atoms with Crippen LogP contribution in [0.2, 0.25) is 10.0 Å². The second-order valence-electron chi connectivity index (χ2n) is 4.43. The van der Waals surface area contributed by atoms with Crippen molar-refractivity contribution in [3.8, 4) is 11.8 Å². The van der Waals surface area contributed by atoms with Gasteiger partial charge in [0.25, 0.3) is 5.69 Å². The van der Waals surface area contributed by atoms with Gasteiger partial charge in [-0.15, -0.1) is 0 Å². The SMILES string of the molecule is N#CC(COc1c(Cl)cc([N+](=O)[O-])cc1Cl)NC1CC1. The molecule has 0 spiro atoms. The minimum atomic E-state index is -0.589. The van der Waals surface area contributed by atoms with Crippen LogP contribution in [0.5, 0.6) is 5.75 Å². The first-order valence-corrected chi connectivity index (χ1v) is 6.68. The Morgan fingerprint density at radius 3 is 2.55 bits per heavy atom. The van der Waals surface area contributed by atoms with Gasteiger partial charge in [0.2, 0.25) is 0 Å². The number of nitro groups is 1. The summed E-state index contributed by atoms with van der Waals surface area (Å²) in [6.07, 6.45) is 2.11. The number of nitriles is 1. The fraction of sp³-hybridized carbons (Fsp3) is 0.417. The lowest BCUT2D eigenvalue weighted by molar-refractivity contribution is -0.384. The molecule has 1 aromatic rings. The zero-order chi connectivity index (χ0) is 14.7. The average molecular weight is 316 g/mol. The Morgan fingerprint density at radius 2 is 2.10 bits per heavy atom. The summed E-state index contributed by atoms with van der Waals surface area (Å²) in [4.78, 5) is 10.1. The van der Waals surface area contributed by atoms with Gasteiger partial charge in [0, 0.05) is 18.2 Å². The van der Waals surface area contributed by atoms with Crippen molar-refractivity contribution >= 4 is 28.9 Å². The van der Waals surface area contributed by atoms with Crippen LogP contribution < -0.4 is 10.1 Å². The second kappa shape index (κ2) is 6.27. The van der Waals surface area contributed by atoms with Crippen molar-refractivity contribution in [2.45, 2.75) is 24.9 Å². The first kappa shape index (κ1) is 14.9. The Kier molecular flexibility index (Phi) is 4.65. The third-order valence-electron chi connectivity index (χ3n) is 2.76. The van der Waals surface area contributed by atoms with Crippen molar-refractivity contribution < 1.29 is 9.66 Å². The molecular formula is C12H11Cl2N3O3. The summed E-state index contributed by atoms with van der Waals surface area (Å²) in [6.45, 7) is 0.0737. The first-order valence-electron chi connectivity index (χ1n) is 5.93. The van der Waals surface area contributed by atoms with Gasteiger partial charge in [-0.25, -0.2) is 0 Å². The number of ether oxygens (including phenoxy) is 1. The van der Waals surface area contributed by atoms with E-state index < -0.39 is 11.0 Å². The van der Waals surface area contributed by atoms with Crippen LogP contribution in [-0.4, -0.2) is 23.6 Å². The summed E-state index contributed by atoms with van der Waals surface area (Å²) in [5.41, 5.74) is -0.208. The van der Waals surface area contributed by atoms with Crippen molar-refractivity contribution in [1.29, 1.82) is 5.26 Å². The van der Waals surface area contributed by atoms with Crippen LogP contribution in [0.1, 0.15) is 12.8 Å². The predicted molar refractivity (Wildman–Crippen MR) is 74.2 cm³/mol. The highest BCUT2D eigenvalue weighted by Crippen LogP contribution is 2.36. The lowest BCUT2D eigenvalue weighted by Gasteiger charge is -2.14. The summed E-state index contributed by atoms with van der Waals surface area (Å²) < 4.78 is 5.41. The number of rotatable bonds is 6. The van der Waals surface area contributed by atoms with E-state index in [1.54, 1.807) is 0 Å². The van der Waals surface area contributed by atoms with Gasteiger partial charge in [-0.05, 0) is 12.8 Å². The number of hydrogen-bond acceptors (Lipinski definition) is 5. The molecule has 0 amide bonds. The van der Waals surface area contributed by atoms with Crippen LogP contribution in [0.25, 0.3) is 0 Å². The molecule has 1 fully saturated rings. The van der Waals surface area contributed by atoms with Gasteiger partial charge in [-0.3, -0.25) is 15.4 Å². The first-order chi connectivity index (χ1) is 9.51. The van der Waals surface area contributed by atoms with E-state index in [9.17, 15) is 10.1 Å². The summed E-state index contributed by atoms with van der Waals surface area (Å²) in [5.74, 6) is 0.150. The molecule has 2 rings (SSSR count). The molecule has 6 nitrogen and oxygen atoms in total. The quantitative estimate of drug-likeness (QED) is 0.644. The number of benzene rings is 1. The van der Waals surface area contributed by atoms with Crippen molar-refractivity contribution in [3.05, 3.63) is 32.3 Å². The Hall–Kier alpha value is -1.55. The lowest BCUT2D eigenvalue weighted by atomic mass is 10.3. The number of nitro benzene ring substituents is 1. The molecule has 0 heterocycles.